The van der Waals surface area contributed by atoms with Gasteiger partial charge in [0, 0.05) is 24.4 Å². The molecule has 0 aliphatic carbocycles. The Balaban J connectivity index is 1.66. The van der Waals surface area contributed by atoms with Crippen molar-refractivity contribution >= 4 is 39.1 Å². The molecule has 0 bridgehead atoms. The predicted molar refractivity (Wildman–Crippen MR) is 103 cm³/mol. The SMILES string of the molecule is CN(C(=O)CCc1ncc(-c2ccccc2F)o1)c1ccc(Br)cc1Cl. The summed E-state index contributed by atoms with van der Waals surface area (Å²) in [5, 5.41) is 0.480. The summed E-state index contributed by atoms with van der Waals surface area (Å²) < 4.78 is 20.2. The first-order valence-corrected chi connectivity index (χ1v) is 9.04. The third-order valence-electron chi connectivity index (χ3n) is 3.89. The first-order valence-electron chi connectivity index (χ1n) is 7.87. The highest BCUT2D eigenvalue weighted by atomic mass is 79.9. The Bertz CT molecular complexity index is 945. The number of halogens is 3. The fourth-order valence-electron chi connectivity index (χ4n) is 2.48. The summed E-state index contributed by atoms with van der Waals surface area (Å²) in [7, 11) is 1.66. The van der Waals surface area contributed by atoms with Gasteiger partial charge in [0.05, 0.1) is 22.5 Å². The largest absolute Gasteiger partial charge is 0.441 e. The lowest BCUT2D eigenvalue weighted by atomic mass is 10.2. The third kappa shape index (κ3) is 4.14. The number of oxazole rings is 1. The zero-order valence-corrected chi connectivity index (χ0v) is 16.2. The number of anilines is 1. The summed E-state index contributed by atoms with van der Waals surface area (Å²) in [6.07, 6.45) is 1.97. The van der Waals surface area contributed by atoms with E-state index in [-0.39, 0.29) is 18.1 Å². The molecule has 3 rings (SSSR count). The zero-order chi connectivity index (χ0) is 18.7. The number of nitrogens with zero attached hydrogens (tertiary/aromatic N) is 2. The minimum Gasteiger partial charge on any atom is -0.441 e. The van der Waals surface area contributed by atoms with Gasteiger partial charge in [-0.25, -0.2) is 9.37 Å². The number of benzene rings is 2. The molecule has 1 aromatic heterocycles. The van der Waals surface area contributed by atoms with Crippen molar-refractivity contribution in [3.8, 4) is 11.3 Å². The summed E-state index contributed by atoms with van der Waals surface area (Å²) in [4.78, 5) is 18.0. The lowest BCUT2D eigenvalue weighted by Gasteiger charge is -2.18. The molecular weight excluding hydrogens is 423 g/mol. The van der Waals surface area contributed by atoms with E-state index in [1.54, 1.807) is 37.4 Å². The molecule has 0 fully saturated rings. The van der Waals surface area contributed by atoms with Crippen molar-refractivity contribution in [3.63, 3.8) is 0 Å². The van der Waals surface area contributed by atoms with E-state index in [9.17, 15) is 9.18 Å². The Kier molecular flexibility index (Phi) is 5.74. The zero-order valence-electron chi connectivity index (χ0n) is 13.9. The smallest absolute Gasteiger partial charge is 0.227 e. The van der Waals surface area contributed by atoms with Crippen molar-refractivity contribution in [2.24, 2.45) is 0 Å². The highest BCUT2D eigenvalue weighted by molar-refractivity contribution is 9.10. The fraction of sp³-hybridized carbons (Fsp3) is 0.158. The Labute approximate surface area is 163 Å². The van der Waals surface area contributed by atoms with Crippen LogP contribution in [0.15, 0.2) is 57.6 Å². The van der Waals surface area contributed by atoms with Crippen molar-refractivity contribution in [3.05, 3.63) is 69.9 Å². The molecule has 0 N–H and O–H groups in total. The van der Waals surface area contributed by atoms with Gasteiger partial charge in [-0.1, -0.05) is 39.7 Å². The molecule has 0 aliphatic heterocycles. The lowest BCUT2D eigenvalue weighted by molar-refractivity contribution is -0.118. The van der Waals surface area contributed by atoms with Gasteiger partial charge < -0.3 is 9.32 Å². The average Bonchev–Trinajstić information content (AvgIpc) is 3.08. The van der Waals surface area contributed by atoms with Crippen LogP contribution in [0.4, 0.5) is 10.1 Å². The maximum atomic E-state index is 13.8. The van der Waals surface area contributed by atoms with Gasteiger partial charge in [0.1, 0.15) is 5.82 Å². The van der Waals surface area contributed by atoms with E-state index in [0.29, 0.717) is 34.3 Å². The van der Waals surface area contributed by atoms with Gasteiger partial charge in [0.2, 0.25) is 5.91 Å². The van der Waals surface area contributed by atoms with Crippen LogP contribution < -0.4 is 4.90 Å². The summed E-state index contributed by atoms with van der Waals surface area (Å²) in [6.45, 7) is 0. The van der Waals surface area contributed by atoms with Crippen molar-refractivity contribution in [2.45, 2.75) is 12.8 Å². The molecule has 134 valence electrons. The molecule has 0 spiro atoms. The van der Waals surface area contributed by atoms with Gasteiger partial charge >= 0.3 is 0 Å². The molecule has 0 aliphatic rings. The quantitative estimate of drug-likeness (QED) is 0.530. The maximum Gasteiger partial charge on any atom is 0.227 e. The number of hydrogen-bond donors (Lipinski definition) is 0. The van der Waals surface area contributed by atoms with Crippen LogP contribution in [0.25, 0.3) is 11.3 Å². The second-order valence-corrected chi connectivity index (χ2v) is 6.97. The molecule has 0 unspecified atom stereocenters. The monoisotopic (exact) mass is 436 g/mol. The molecule has 4 nitrogen and oxygen atoms in total. The highest BCUT2D eigenvalue weighted by Crippen LogP contribution is 2.29. The highest BCUT2D eigenvalue weighted by Gasteiger charge is 2.16. The van der Waals surface area contributed by atoms with Crippen molar-refractivity contribution in [2.75, 3.05) is 11.9 Å². The van der Waals surface area contributed by atoms with E-state index < -0.39 is 0 Å². The third-order valence-corrected chi connectivity index (χ3v) is 4.69. The molecule has 0 atom stereocenters. The first-order chi connectivity index (χ1) is 12.5. The van der Waals surface area contributed by atoms with Gasteiger partial charge in [0.15, 0.2) is 11.7 Å². The van der Waals surface area contributed by atoms with E-state index in [1.165, 1.54) is 17.2 Å². The second-order valence-electron chi connectivity index (χ2n) is 5.65. The molecular formula is C19H15BrClFN2O2. The van der Waals surface area contributed by atoms with Gasteiger partial charge in [0.25, 0.3) is 0 Å². The molecule has 2 aromatic carbocycles. The molecule has 3 aromatic rings. The summed E-state index contributed by atoms with van der Waals surface area (Å²) in [5.41, 5.74) is 0.968. The topological polar surface area (TPSA) is 46.3 Å². The lowest BCUT2D eigenvalue weighted by Crippen LogP contribution is -2.26. The number of carbonyl (C=O) groups excluding carboxylic acids is 1. The Morgan fingerprint density at radius 3 is 2.81 bits per heavy atom. The molecule has 7 heteroatoms. The van der Waals surface area contributed by atoms with Gasteiger partial charge in [-0.05, 0) is 30.3 Å². The van der Waals surface area contributed by atoms with Gasteiger partial charge in [-0.3, -0.25) is 4.79 Å². The van der Waals surface area contributed by atoms with E-state index >= 15 is 0 Å². The normalized spacial score (nSPS) is 10.8. The van der Waals surface area contributed by atoms with Crippen LogP contribution in [0.3, 0.4) is 0 Å². The minimum absolute atomic E-state index is 0.125. The van der Waals surface area contributed by atoms with Crippen LogP contribution >= 0.6 is 27.5 Å². The van der Waals surface area contributed by atoms with Gasteiger partial charge in [-0.2, -0.15) is 0 Å². The molecule has 1 amide bonds. The number of aromatic nitrogens is 1. The van der Waals surface area contributed by atoms with Crippen LogP contribution in [-0.4, -0.2) is 17.9 Å². The molecule has 1 heterocycles. The summed E-state index contributed by atoms with van der Waals surface area (Å²) >= 11 is 9.52. The van der Waals surface area contributed by atoms with E-state index in [0.717, 1.165) is 4.47 Å². The second kappa shape index (κ2) is 8.01. The van der Waals surface area contributed by atoms with E-state index in [4.69, 9.17) is 16.0 Å². The number of amides is 1. The molecule has 0 radical (unpaired) electrons. The number of rotatable bonds is 5. The van der Waals surface area contributed by atoms with Crippen LogP contribution in [-0.2, 0) is 11.2 Å². The molecule has 26 heavy (non-hydrogen) atoms. The number of carbonyl (C=O) groups is 1. The first kappa shape index (κ1) is 18.6. The van der Waals surface area contributed by atoms with Crippen LogP contribution in [0.5, 0.6) is 0 Å². The standard InChI is InChI=1S/C19H15BrClFN2O2/c1-24(16-7-6-12(20)10-14(16)21)19(25)9-8-18-23-11-17(26-18)13-4-2-3-5-15(13)22/h2-7,10-11H,8-9H2,1H3. The molecule has 0 saturated heterocycles. The summed E-state index contributed by atoms with van der Waals surface area (Å²) in [6, 6.07) is 11.6. The summed E-state index contributed by atoms with van der Waals surface area (Å²) in [5.74, 6) is 0.220. The Morgan fingerprint density at radius 2 is 2.08 bits per heavy atom. The van der Waals surface area contributed by atoms with Crippen molar-refractivity contribution in [1.82, 2.24) is 4.98 Å². The van der Waals surface area contributed by atoms with Gasteiger partial charge in [-0.15, -0.1) is 0 Å². The van der Waals surface area contributed by atoms with Crippen LogP contribution in [0, 0.1) is 5.82 Å². The predicted octanol–water partition coefficient (Wildman–Crippen LogP) is 5.49. The number of hydrogen-bond acceptors (Lipinski definition) is 3. The van der Waals surface area contributed by atoms with Crippen LogP contribution in [0.2, 0.25) is 5.02 Å². The average molecular weight is 438 g/mol. The Hall–Kier alpha value is -2.18. The molecule has 0 saturated carbocycles. The fourth-order valence-corrected chi connectivity index (χ4v) is 3.28. The minimum atomic E-state index is -0.379. The van der Waals surface area contributed by atoms with E-state index in [2.05, 4.69) is 20.9 Å². The van der Waals surface area contributed by atoms with E-state index in [1.807, 2.05) is 6.07 Å². The Morgan fingerprint density at radius 1 is 1.31 bits per heavy atom. The van der Waals surface area contributed by atoms with Crippen molar-refractivity contribution in [1.29, 1.82) is 0 Å². The van der Waals surface area contributed by atoms with Crippen molar-refractivity contribution < 1.29 is 13.6 Å². The maximum absolute atomic E-state index is 13.8. The number of aryl methyl sites for hydroxylation is 1. The van der Waals surface area contributed by atoms with Crippen LogP contribution in [0.1, 0.15) is 12.3 Å².